The van der Waals surface area contributed by atoms with Crippen molar-refractivity contribution >= 4 is 50.8 Å². The average molecular weight is 392 g/mol. The van der Waals surface area contributed by atoms with Gasteiger partial charge in [0.05, 0.1) is 16.8 Å². The maximum absolute atomic E-state index is 13.3. The van der Waals surface area contributed by atoms with Crippen molar-refractivity contribution in [1.82, 2.24) is 9.55 Å². The van der Waals surface area contributed by atoms with Crippen LogP contribution in [0.3, 0.4) is 0 Å². The van der Waals surface area contributed by atoms with Gasteiger partial charge in [-0.15, -0.1) is 11.3 Å². The number of aryl methyl sites for hydroxylation is 2. The molecule has 2 heterocycles. The first-order chi connectivity index (χ1) is 12.0. The van der Waals surface area contributed by atoms with E-state index in [0.29, 0.717) is 21.3 Å². The van der Waals surface area contributed by atoms with Gasteiger partial charge >= 0.3 is 0 Å². The molecule has 0 radical (unpaired) electrons. The summed E-state index contributed by atoms with van der Waals surface area (Å²) in [5.41, 5.74) is 6.98. The zero-order valence-electron chi connectivity index (χ0n) is 13.1. The van der Waals surface area contributed by atoms with Crippen LogP contribution in [0.5, 0.6) is 0 Å². The molecule has 1 aromatic carbocycles. The molecule has 1 amide bonds. The predicted molar refractivity (Wildman–Crippen MR) is 102 cm³/mol. The van der Waals surface area contributed by atoms with Crippen LogP contribution in [0.15, 0.2) is 34.2 Å². The molecular formula is C17H14ClN3O2S2. The summed E-state index contributed by atoms with van der Waals surface area (Å²) >= 11 is 8.72. The highest BCUT2D eigenvalue weighted by atomic mass is 35.5. The topological polar surface area (TPSA) is 78.0 Å². The molecule has 2 aromatic heterocycles. The van der Waals surface area contributed by atoms with Gasteiger partial charge in [0.1, 0.15) is 4.83 Å². The first-order valence-electron chi connectivity index (χ1n) is 7.79. The molecule has 3 aromatic rings. The van der Waals surface area contributed by atoms with E-state index in [4.69, 9.17) is 17.3 Å². The van der Waals surface area contributed by atoms with Gasteiger partial charge in [0.25, 0.3) is 5.56 Å². The number of thioether (sulfide) groups is 1. The summed E-state index contributed by atoms with van der Waals surface area (Å²) in [5, 5.41) is 1.77. The minimum absolute atomic E-state index is 0.0661. The van der Waals surface area contributed by atoms with Gasteiger partial charge in [0.2, 0.25) is 5.91 Å². The molecular weight excluding hydrogens is 378 g/mol. The highest BCUT2D eigenvalue weighted by Gasteiger charge is 2.24. The number of amides is 1. The van der Waals surface area contributed by atoms with Crippen molar-refractivity contribution in [2.24, 2.45) is 5.73 Å². The average Bonchev–Trinajstić information content (AvgIpc) is 3.14. The number of thiophene rings is 1. The van der Waals surface area contributed by atoms with Gasteiger partial charge in [-0.05, 0) is 49.1 Å². The monoisotopic (exact) mass is 391 g/mol. The SMILES string of the molecule is NC(=O)CSc1nc2sc3c(c2c(=O)n1-c1ccc(Cl)cc1)CCC3. The fourth-order valence-corrected chi connectivity index (χ4v) is 5.26. The standard InChI is InChI=1S/C17H14ClN3O2S2/c18-9-4-6-10(7-5-9)21-16(23)14-11-2-1-3-12(11)25-15(14)20-17(21)24-8-13(19)22/h4-7H,1-3,8H2,(H2,19,22). The van der Waals surface area contributed by atoms with Crippen LogP contribution < -0.4 is 11.3 Å². The molecule has 5 nitrogen and oxygen atoms in total. The molecule has 0 saturated heterocycles. The molecule has 0 spiro atoms. The van der Waals surface area contributed by atoms with Crippen LogP contribution in [-0.4, -0.2) is 21.2 Å². The van der Waals surface area contributed by atoms with Crippen LogP contribution in [0, 0.1) is 0 Å². The van der Waals surface area contributed by atoms with E-state index in [9.17, 15) is 9.59 Å². The Morgan fingerprint density at radius 3 is 2.80 bits per heavy atom. The molecule has 0 atom stereocenters. The summed E-state index contributed by atoms with van der Waals surface area (Å²) < 4.78 is 1.55. The number of benzene rings is 1. The lowest BCUT2D eigenvalue weighted by Gasteiger charge is -2.12. The fraction of sp³-hybridized carbons (Fsp3) is 0.235. The number of hydrogen-bond acceptors (Lipinski definition) is 5. The number of carbonyl (C=O) groups is 1. The van der Waals surface area contributed by atoms with E-state index in [0.717, 1.165) is 29.7 Å². The molecule has 2 N–H and O–H groups in total. The van der Waals surface area contributed by atoms with E-state index >= 15 is 0 Å². The smallest absolute Gasteiger partial charge is 0.267 e. The van der Waals surface area contributed by atoms with E-state index in [1.807, 2.05) is 0 Å². The van der Waals surface area contributed by atoms with E-state index in [1.165, 1.54) is 16.6 Å². The van der Waals surface area contributed by atoms with Gasteiger partial charge in [-0.1, -0.05) is 23.4 Å². The second-order valence-corrected chi connectivity index (χ2v) is 8.27. The van der Waals surface area contributed by atoms with Crippen molar-refractivity contribution in [3.8, 4) is 5.69 Å². The van der Waals surface area contributed by atoms with Gasteiger partial charge in [-0.2, -0.15) is 0 Å². The zero-order chi connectivity index (χ0) is 17.6. The maximum atomic E-state index is 13.3. The van der Waals surface area contributed by atoms with Crippen molar-refractivity contribution in [3.63, 3.8) is 0 Å². The van der Waals surface area contributed by atoms with Crippen LogP contribution in [0.4, 0.5) is 0 Å². The van der Waals surface area contributed by atoms with Crippen LogP contribution in [-0.2, 0) is 17.6 Å². The van der Waals surface area contributed by atoms with Crippen LogP contribution >= 0.6 is 34.7 Å². The Balaban J connectivity index is 1.97. The van der Waals surface area contributed by atoms with Crippen molar-refractivity contribution in [3.05, 3.63) is 50.1 Å². The van der Waals surface area contributed by atoms with Crippen molar-refractivity contribution < 1.29 is 4.79 Å². The number of nitrogens with two attached hydrogens (primary N) is 1. The Morgan fingerprint density at radius 1 is 1.32 bits per heavy atom. The van der Waals surface area contributed by atoms with E-state index in [-0.39, 0.29) is 11.3 Å². The minimum atomic E-state index is -0.448. The second-order valence-electron chi connectivity index (χ2n) is 5.80. The number of halogens is 1. The zero-order valence-corrected chi connectivity index (χ0v) is 15.5. The summed E-state index contributed by atoms with van der Waals surface area (Å²) in [4.78, 5) is 31.1. The molecule has 1 aliphatic carbocycles. The van der Waals surface area contributed by atoms with E-state index < -0.39 is 5.91 Å². The van der Waals surface area contributed by atoms with Gasteiger partial charge < -0.3 is 5.73 Å². The number of carbonyl (C=O) groups excluding carboxylic acids is 1. The number of aromatic nitrogens is 2. The Morgan fingerprint density at radius 2 is 2.08 bits per heavy atom. The Kier molecular flexibility index (Phi) is 4.31. The molecule has 0 bridgehead atoms. The minimum Gasteiger partial charge on any atom is -0.369 e. The normalized spacial score (nSPS) is 13.3. The lowest BCUT2D eigenvalue weighted by atomic mass is 10.2. The Labute approximate surface area is 156 Å². The molecule has 8 heteroatoms. The quantitative estimate of drug-likeness (QED) is 0.547. The third-order valence-corrected chi connectivity index (χ3v) is 6.54. The summed E-state index contributed by atoms with van der Waals surface area (Å²) in [5.74, 6) is -0.382. The van der Waals surface area contributed by atoms with Crippen molar-refractivity contribution in [2.45, 2.75) is 24.4 Å². The second kappa shape index (κ2) is 6.48. The first-order valence-corrected chi connectivity index (χ1v) is 9.97. The molecule has 128 valence electrons. The summed E-state index contributed by atoms with van der Waals surface area (Å²) in [6, 6.07) is 7.01. The third-order valence-electron chi connectivity index (χ3n) is 4.14. The third kappa shape index (κ3) is 2.96. The van der Waals surface area contributed by atoms with Gasteiger partial charge in [-0.3, -0.25) is 14.2 Å². The molecule has 1 aliphatic rings. The van der Waals surface area contributed by atoms with E-state index in [1.54, 1.807) is 40.2 Å². The number of rotatable bonds is 4. The first kappa shape index (κ1) is 16.6. The van der Waals surface area contributed by atoms with Gasteiger partial charge in [0, 0.05) is 9.90 Å². The number of nitrogens with zero attached hydrogens (tertiary/aromatic N) is 2. The Hall–Kier alpha value is -1.83. The number of primary amides is 1. The van der Waals surface area contributed by atoms with E-state index in [2.05, 4.69) is 4.98 Å². The predicted octanol–water partition coefficient (Wildman–Crippen LogP) is 3.17. The highest BCUT2D eigenvalue weighted by Crippen LogP contribution is 2.36. The molecule has 0 fully saturated rings. The van der Waals surface area contributed by atoms with Gasteiger partial charge in [-0.25, -0.2) is 4.98 Å². The summed E-state index contributed by atoms with van der Waals surface area (Å²) in [7, 11) is 0. The molecule has 0 unspecified atom stereocenters. The lowest BCUT2D eigenvalue weighted by molar-refractivity contribution is -0.115. The van der Waals surface area contributed by atoms with Crippen LogP contribution in [0.2, 0.25) is 5.02 Å². The molecule has 4 rings (SSSR count). The van der Waals surface area contributed by atoms with Crippen LogP contribution in [0.25, 0.3) is 15.9 Å². The lowest BCUT2D eigenvalue weighted by Crippen LogP contribution is -2.23. The van der Waals surface area contributed by atoms with Gasteiger partial charge in [0.15, 0.2) is 5.16 Å². The maximum Gasteiger partial charge on any atom is 0.267 e. The summed E-state index contributed by atoms with van der Waals surface area (Å²) in [6.45, 7) is 0. The molecule has 25 heavy (non-hydrogen) atoms. The molecule has 0 aliphatic heterocycles. The Bertz CT molecular complexity index is 1040. The highest BCUT2D eigenvalue weighted by molar-refractivity contribution is 7.99. The number of fused-ring (bicyclic) bond motifs is 3. The summed E-state index contributed by atoms with van der Waals surface area (Å²) in [6.07, 6.45) is 3.00. The van der Waals surface area contributed by atoms with Crippen molar-refractivity contribution in [1.29, 1.82) is 0 Å². The largest absolute Gasteiger partial charge is 0.369 e. The molecule has 0 saturated carbocycles. The fourth-order valence-electron chi connectivity index (χ4n) is 3.08. The van der Waals surface area contributed by atoms with Crippen molar-refractivity contribution in [2.75, 3.05) is 5.75 Å². The number of hydrogen-bond donors (Lipinski definition) is 1. The van der Waals surface area contributed by atoms with Crippen LogP contribution in [0.1, 0.15) is 16.9 Å².